The van der Waals surface area contributed by atoms with E-state index >= 15 is 0 Å². The van der Waals surface area contributed by atoms with Crippen molar-refractivity contribution in [1.82, 2.24) is 15.2 Å². The lowest BCUT2D eigenvalue weighted by Gasteiger charge is -2.19. The molecular formula is C11H16Br2ClN3. The Morgan fingerprint density at radius 3 is 2.88 bits per heavy atom. The third kappa shape index (κ3) is 4.83. The van der Waals surface area contributed by atoms with Crippen LogP contribution in [0.5, 0.6) is 0 Å². The minimum Gasteiger partial charge on any atom is -0.315 e. The van der Waals surface area contributed by atoms with E-state index in [2.05, 4.69) is 53.1 Å². The lowest BCUT2D eigenvalue weighted by Crippen LogP contribution is -2.28. The minimum absolute atomic E-state index is 0. The SMILES string of the molecule is Brc1cnc(CN2CCCNCC2)c(Br)c1.Cl. The second-order valence-electron chi connectivity index (χ2n) is 3.96. The summed E-state index contributed by atoms with van der Waals surface area (Å²) in [5, 5.41) is 3.41. The summed E-state index contributed by atoms with van der Waals surface area (Å²) in [7, 11) is 0. The number of rotatable bonds is 2. The fourth-order valence-electron chi connectivity index (χ4n) is 1.83. The van der Waals surface area contributed by atoms with E-state index in [9.17, 15) is 0 Å². The molecular weight excluding hydrogens is 369 g/mol. The maximum atomic E-state index is 4.45. The number of hydrogen-bond acceptors (Lipinski definition) is 3. The molecule has 0 radical (unpaired) electrons. The van der Waals surface area contributed by atoms with Crippen molar-refractivity contribution in [1.29, 1.82) is 0 Å². The standard InChI is InChI=1S/C11H15Br2N3.ClH/c12-9-6-10(13)11(15-7-9)8-16-4-1-2-14-3-5-16;/h6-7,14H,1-5,8H2;1H. The van der Waals surface area contributed by atoms with Crippen LogP contribution in [0.1, 0.15) is 12.1 Å². The molecule has 1 saturated heterocycles. The molecule has 3 nitrogen and oxygen atoms in total. The van der Waals surface area contributed by atoms with Crippen molar-refractivity contribution < 1.29 is 0 Å². The Balaban J connectivity index is 0.00000144. The Morgan fingerprint density at radius 1 is 1.29 bits per heavy atom. The molecule has 2 rings (SSSR count). The maximum absolute atomic E-state index is 4.45. The van der Waals surface area contributed by atoms with Crippen LogP contribution in [0.4, 0.5) is 0 Å². The predicted octanol–water partition coefficient (Wildman–Crippen LogP) is 2.82. The van der Waals surface area contributed by atoms with Crippen LogP contribution in [-0.2, 0) is 6.54 Å². The van der Waals surface area contributed by atoms with Gasteiger partial charge in [0.1, 0.15) is 0 Å². The highest BCUT2D eigenvalue weighted by Crippen LogP contribution is 2.20. The molecule has 2 heterocycles. The van der Waals surface area contributed by atoms with Crippen LogP contribution >= 0.6 is 44.3 Å². The van der Waals surface area contributed by atoms with E-state index in [0.717, 1.165) is 47.4 Å². The molecule has 17 heavy (non-hydrogen) atoms. The van der Waals surface area contributed by atoms with Gasteiger partial charge in [-0.05, 0) is 57.4 Å². The fourth-order valence-corrected chi connectivity index (χ4v) is 2.94. The van der Waals surface area contributed by atoms with Crippen molar-refractivity contribution in [2.75, 3.05) is 26.2 Å². The van der Waals surface area contributed by atoms with Gasteiger partial charge in [-0.1, -0.05) is 0 Å². The molecule has 6 heteroatoms. The van der Waals surface area contributed by atoms with Gasteiger partial charge in [0, 0.05) is 34.8 Å². The van der Waals surface area contributed by atoms with Gasteiger partial charge in [0.05, 0.1) is 5.69 Å². The molecule has 0 amide bonds. The molecule has 1 fully saturated rings. The van der Waals surface area contributed by atoms with Gasteiger partial charge in [0.2, 0.25) is 0 Å². The van der Waals surface area contributed by atoms with E-state index < -0.39 is 0 Å². The lowest BCUT2D eigenvalue weighted by atomic mass is 10.3. The first kappa shape index (κ1) is 15.4. The molecule has 1 aromatic heterocycles. The highest BCUT2D eigenvalue weighted by atomic mass is 79.9. The van der Waals surface area contributed by atoms with Gasteiger partial charge >= 0.3 is 0 Å². The van der Waals surface area contributed by atoms with E-state index in [-0.39, 0.29) is 12.4 Å². The van der Waals surface area contributed by atoms with Gasteiger partial charge in [0.25, 0.3) is 0 Å². The summed E-state index contributed by atoms with van der Waals surface area (Å²) in [5.41, 5.74) is 1.12. The van der Waals surface area contributed by atoms with Crippen LogP contribution in [0.15, 0.2) is 21.2 Å². The van der Waals surface area contributed by atoms with Crippen LogP contribution in [0.25, 0.3) is 0 Å². The average molecular weight is 386 g/mol. The summed E-state index contributed by atoms with van der Waals surface area (Å²) in [5.74, 6) is 0. The van der Waals surface area contributed by atoms with Crippen molar-refractivity contribution >= 4 is 44.3 Å². The summed E-state index contributed by atoms with van der Waals surface area (Å²) in [6.45, 7) is 5.39. The summed E-state index contributed by atoms with van der Waals surface area (Å²) in [6.07, 6.45) is 3.07. The Hall–Kier alpha value is 0.320. The van der Waals surface area contributed by atoms with E-state index in [1.54, 1.807) is 0 Å². The van der Waals surface area contributed by atoms with Crippen LogP contribution < -0.4 is 5.32 Å². The molecule has 0 aromatic carbocycles. The largest absolute Gasteiger partial charge is 0.315 e. The highest BCUT2D eigenvalue weighted by Gasteiger charge is 2.11. The topological polar surface area (TPSA) is 28.2 Å². The first-order chi connectivity index (χ1) is 7.75. The molecule has 1 N–H and O–H groups in total. The Bertz CT molecular complexity index is 355. The second kappa shape index (κ2) is 7.69. The molecule has 0 saturated carbocycles. The molecule has 1 aliphatic heterocycles. The zero-order valence-corrected chi connectivity index (χ0v) is 13.4. The number of nitrogens with one attached hydrogen (secondary N) is 1. The Labute approximate surface area is 125 Å². The smallest absolute Gasteiger partial charge is 0.0686 e. The quantitative estimate of drug-likeness (QED) is 0.849. The van der Waals surface area contributed by atoms with E-state index in [1.807, 2.05) is 6.20 Å². The average Bonchev–Trinajstić information content (AvgIpc) is 2.51. The van der Waals surface area contributed by atoms with Gasteiger partial charge in [-0.15, -0.1) is 12.4 Å². The maximum Gasteiger partial charge on any atom is 0.0686 e. The molecule has 0 bridgehead atoms. The molecule has 0 aliphatic carbocycles. The van der Waals surface area contributed by atoms with Gasteiger partial charge < -0.3 is 5.32 Å². The first-order valence-electron chi connectivity index (χ1n) is 5.49. The molecule has 96 valence electrons. The number of nitrogens with zero attached hydrogens (tertiary/aromatic N) is 2. The second-order valence-corrected chi connectivity index (χ2v) is 5.73. The van der Waals surface area contributed by atoms with Gasteiger partial charge in [-0.2, -0.15) is 0 Å². The van der Waals surface area contributed by atoms with Gasteiger partial charge in [0.15, 0.2) is 0 Å². The van der Waals surface area contributed by atoms with E-state index in [0.29, 0.717) is 0 Å². The van der Waals surface area contributed by atoms with E-state index in [1.165, 1.54) is 6.42 Å². The summed E-state index contributed by atoms with van der Waals surface area (Å²) >= 11 is 6.98. The number of halogens is 3. The molecule has 1 aliphatic rings. The van der Waals surface area contributed by atoms with Crippen LogP contribution in [0.3, 0.4) is 0 Å². The normalized spacial score (nSPS) is 17.3. The number of aromatic nitrogens is 1. The lowest BCUT2D eigenvalue weighted by molar-refractivity contribution is 0.280. The van der Waals surface area contributed by atoms with Crippen molar-refractivity contribution in [3.8, 4) is 0 Å². The summed E-state index contributed by atoms with van der Waals surface area (Å²) < 4.78 is 2.10. The zero-order valence-electron chi connectivity index (χ0n) is 9.46. The summed E-state index contributed by atoms with van der Waals surface area (Å²) in [4.78, 5) is 6.89. The van der Waals surface area contributed by atoms with Gasteiger partial charge in [-0.3, -0.25) is 9.88 Å². The zero-order chi connectivity index (χ0) is 11.4. The minimum atomic E-state index is 0. The van der Waals surface area contributed by atoms with Crippen molar-refractivity contribution in [2.45, 2.75) is 13.0 Å². The van der Waals surface area contributed by atoms with E-state index in [4.69, 9.17) is 0 Å². The monoisotopic (exact) mass is 383 g/mol. The Kier molecular flexibility index (Phi) is 6.95. The van der Waals surface area contributed by atoms with Crippen molar-refractivity contribution in [3.05, 3.63) is 26.9 Å². The van der Waals surface area contributed by atoms with Crippen LogP contribution in [-0.4, -0.2) is 36.1 Å². The Morgan fingerprint density at radius 2 is 2.12 bits per heavy atom. The predicted molar refractivity (Wildman–Crippen MR) is 79.6 cm³/mol. The summed E-state index contributed by atoms with van der Waals surface area (Å²) in [6, 6.07) is 2.05. The number of pyridine rings is 1. The number of hydrogen-bond donors (Lipinski definition) is 1. The third-order valence-electron chi connectivity index (χ3n) is 2.69. The van der Waals surface area contributed by atoms with Crippen LogP contribution in [0.2, 0.25) is 0 Å². The third-order valence-corrected chi connectivity index (χ3v) is 3.81. The first-order valence-corrected chi connectivity index (χ1v) is 7.07. The van der Waals surface area contributed by atoms with Gasteiger partial charge in [-0.25, -0.2) is 0 Å². The fraction of sp³-hybridized carbons (Fsp3) is 0.545. The molecule has 0 spiro atoms. The van der Waals surface area contributed by atoms with Crippen molar-refractivity contribution in [3.63, 3.8) is 0 Å². The highest BCUT2D eigenvalue weighted by molar-refractivity contribution is 9.11. The van der Waals surface area contributed by atoms with Crippen LogP contribution in [0, 0.1) is 0 Å². The molecule has 0 unspecified atom stereocenters. The van der Waals surface area contributed by atoms with Crippen molar-refractivity contribution in [2.24, 2.45) is 0 Å². The molecule has 0 atom stereocenters. The molecule has 1 aromatic rings.